The third kappa shape index (κ3) is 8.15. The van der Waals surface area contributed by atoms with Crippen LogP contribution in [0.1, 0.15) is 32.8 Å². The van der Waals surface area contributed by atoms with Crippen molar-refractivity contribution in [2.45, 2.75) is 39.8 Å². The van der Waals surface area contributed by atoms with E-state index in [9.17, 15) is 18.0 Å². The lowest BCUT2D eigenvalue weighted by molar-refractivity contribution is -0.140. The molecule has 2 rings (SSSR count). The Bertz CT molecular complexity index is 1220. The van der Waals surface area contributed by atoms with Crippen molar-refractivity contribution < 1.29 is 27.5 Å². The van der Waals surface area contributed by atoms with Crippen LogP contribution in [-0.4, -0.2) is 64.7 Å². The van der Waals surface area contributed by atoms with Gasteiger partial charge in [0.05, 0.1) is 26.2 Å². The zero-order valence-electron chi connectivity index (χ0n) is 22.5. The molecule has 0 spiro atoms. The van der Waals surface area contributed by atoms with E-state index < -0.39 is 28.5 Å². The standard InChI is InChI=1S/C26H35Cl2N3O6S/c1-7-22(26(33)29-14-17(2)3)30(15-19-20(27)9-8-10-21(19)28)25(32)16-31(38(6,34)35)23-12-11-18(36-4)13-24(23)37-5/h8-13,17,22H,7,14-16H2,1-6H3,(H,29,33)/t22-/m0/s1. The Balaban J connectivity index is 2.55. The lowest BCUT2D eigenvalue weighted by atomic mass is 10.1. The number of amides is 2. The molecule has 0 bridgehead atoms. The molecule has 0 saturated carbocycles. The second-order valence-electron chi connectivity index (χ2n) is 9.09. The number of hydrogen-bond donors (Lipinski definition) is 1. The van der Waals surface area contributed by atoms with Crippen LogP contribution in [0.3, 0.4) is 0 Å². The normalized spacial score (nSPS) is 12.1. The molecule has 0 aliphatic heterocycles. The number of halogens is 2. The van der Waals surface area contributed by atoms with Crippen molar-refractivity contribution in [2.75, 3.05) is 37.9 Å². The van der Waals surface area contributed by atoms with E-state index in [0.717, 1.165) is 10.6 Å². The molecule has 0 saturated heterocycles. The number of methoxy groups -OCH3 is 2. The van der Waals surface area contributed by atoms with Crippen LogP contribution in [0.5, 0.6) is 11.5 Å². The predicted molar refractivity (Wildman–Crippen MR) is 151 cm³/mol. The van der Waals surface area contributed by atoms with Gasteiger partial charge >= 0.3 is 0 Å². The molecular formula is C26H35Cl2N3O6S. The lowest BCUT2D eigenvalue weighted by Gasteiger charge is -2.33. The van der Waals surface area contributed by atoms with Gasteiger partial charge < -0.3 is 19.7 Å². The van der Waals surface area contributed by atoms with Crippen LogP contribution in [0.2, 0.25) is 10.0 Å². The summed E-state index contributed by atoms with van der Waals surface area (Å²) in [6, 6.07) is 8.63. The monoisotopic (exact) mass is 587 g/mol. The Labute approximate surface area is 235 Å². The Morgan fingerprint density at radius 2 is 1.68 bits per heavy atom. The van der Waals surface area contributed by atoms with E-state index in [0.29, 0.717) is 27.9 Å². The minimum Gasteiger partial charge on any atom is -0.497 e. The van der Waals surface area contributed by atoms with Crippen molar-refractivity contribution >= 4 is 50.7 Å². The molecule has 0 aromatic heterocycles. The number of carbonyl (C=O) groups excluding carboxylic acids is 2. The van der Waals surface area contributed by atoms with Crippen LogP contribution in [0.25, 0.3) is 0 Å². The second-order valence-corrected chi connectivity index (χ2v) is 11.8. The number of ether oxygens (including phenoxy) is 2. The van der Waals surface area contributed by atoms with Crippen LogP contribution < -0.4 is 19.1 Å². The highest BCUT2D eigenvalue weighted by Crippen LogP contribution is 2.34. The molecule has 0 radical (unpaired) electrons. The van der Waals surface area contributed by atoms with Gasteiger partial charge in [-0.1, -0.05) is 50.0 Å². The number of sulfonamides is 1. The van der Waals surface area contributed by atoms with Crippen molar-refractivity contribution in [3.05, 3.63) is 52.0 Å². The summed E-state index contributed by atoms with van der Waals surface area (Å²) in [6.07, 6.45) is 1.27. The Morgan fingerprint density at radius 1 is 1.05 bits per heavy atom. The number of benzene rings is 2. The van der Waals surface area contributed by atoms with Gasteiger partial charge in [0.25, 0.3) is 0 Å². The largest absolute Gasteiger partial charge is 0.497 e. The highest BCUT2D eigenvalue weighted by Gasteiger charge is 2.33. The first-order chi connectivity index (χ1) is 17.8. The average Bonchev–Trinajstić information content (AvgIpc) is 2.86. The van der Waals surface area contributed by atoms with Gasteiger partial charge in [0.1, 0.15) is 24.1 Å². The predicted octanol–water partition coefficient (Wildman–Crippen LogP) is 4.36. The van der Waals surface area contributed by atoms with E-state index in [4.69, 9.17) is 32.7 Å². The number of rotatable bonds is 13. The number of nitrogens with one attached hydrogen (secondary N) is 1. The van der Waals surface area contributed by atoms with Crippen molar-refractivity contribution in [1.29, 1.82) is 0 Å². The molecule has 1 atom stereocenters. The van der Waals surface area contributed by atoms with Gasteiger partial charge in [-0.2, -0.15) is 0 Å². The number of hydrogen-bond acceptors (Lipinski definition) is 6. The first-order valence-corrected chi connectivity index (χ1v) is 14.6. The molecule has 0 aliphatic rings. The van der Waals surface area contributed by atoms with E-state index in [1.807, 2.05) is 13.8 Å². The number of carbonyl (C=O) groups is 2. The van der Waals surface area contributed by atoms with Crippen LogP contribution >= 0.6 is 23.2 Å². The van der Waals surface area contributed by atoms with Crippen LogP contribution in [0, 0.1) is 5.92 Å². The quantitative estimate of drug-likeness (QED) is 0.373. The first kappa shape index (κ1) is 31.5. The number of nitrogens with zero attached hydrogens (tertiary/aromatic N) is 2. The van der Waals surface area contributed by atoms with E-state index in [1.165, 1.54) is 31.3 Å². The van der Waals surface area contributed by atoms with Crippen LogP contribution in [0.4, 0.5) is 5.69 Å². The molecule has 0 unspecified atom stereocenters. The maximum absolute atomic E-state index is 13.9. The van der Waals surface area contributed by atoms with E-state index in [-0.39, 0.29) is 36.2 Å². The molecule has 0 aliphatic carbocycles. The van der Waals surface area contributed by atoms with Gasteiger partial charge in [0.15, 0.2) is 0 Å². The van der Waals surface area contributed by atoms with Gasteiger partial charge in [-0.3, -0.25) is 13.9 Å². The molecule has 12 heteroatoms. The van der Waals surface area contributed by atoms with Crippen molar-refractivity contribution in [3.8, 4) is 11.5 Å². The van der Waals surface area contributed by atoms with Crippen molar-refractivity contribution in [3.63, 3.8) is 0 Å². The third-order valence-electron chi connectivity index (χ3n) is 5.80. The van der Waals surface area contributed by atoms with Crippen LogP contribution in [-0.2, 0) is 26.2 Å². The minimum absolute atomic E-state index is 0.0949. The Hall–Kier alpha value is -2.69. The molecule has 2 aromatic carbocycles. The second kappa shape index (κ2) is 13.9. The minimum atomic E-state index is -3.95. The van der Waals surface area contributed by atoms with Crippen LogP contribution in [0.15, 0.2) is 36.4 Å². The summed E-state index contributed by atoms with van der Waals surface area (Å²) < 4.78 is 37.3. The van der Waals surface area contributed by atoms with Crippen molar-refractivity contribution in [2.24, 2.45) is 5.92 Å². The molecular weight excluding hydrogens is 553 g/mol. The molecule has 1 N–H and O–H groups in total. The van der Waals surface area contributed by atoms with E-state index in [1.54, 1.807) is 31.2 Å². The van der Waals surface area contributed by atoms with Gasteiger partial charge in [-0.05, 0) is 36.6 Å². The highest BCUT2D eigenvalue weighted by atomic mass is 35.5. The molecule has 9 nitrogen and oxygen atoms in total. The maximum atomic E-state index is 13.9. The summed E-state index contributed by atoms with van der Waals surface area (Å²) >= 11 is 12.8. The number of anilines is 1. The summed E-state index contributed by atoms with van der Waals surface area (Å²) in [5.41, 5.74) is 0.601. The van der Waals surface area contributed by atoms with Gasteiger partial charge in [0.2, 0.25) is 21.8 Å². The molecule has 2 amide bonds. The zero-order chi connectivity index (χ0) is 28.6. The lowest BCUT2D eigenvalue weighted by Crippen LogP contribution is -2.52. The molecule has 0 fully saturated rings. The third-order valence-corrected chi connectivity index (χ3v) is 7.63. The topological polar surface area (TPSA) is 105 Å². The summed E-state index contributed by atoms with van der Waals surface area (Å²) in [5, 5.41) is 3.51. The maximum Gasteiger partial charge on any atom is 0.244 e. The van der Waals surface area contributed by atoms with Crippen molar-refractivity contribution in [1.82, 2.24) is 10.2 Å². The Kier molecular flexibility index (Phi) is 11.5. The summed E-state index contributed by atoms with van der Waals surface area (Å²) in [5.74, 6) is -0.124. The smallest absolute Gasteiger partial charge is 0.244 e. The first-order valence-electron chi connectivity index (χ1n) is 12.0. The average molecular weight is 589 g/mol. The fourth-order valence-electron chi connectivity index (χ4n) is 3.78. The highest BCUT2D eigenvalue weighted by molar-refractivity contribution is 7.92. The van der Waals surface area contributed by atoms with E-state index in [2.05, 4.69) is 5.32 Å². The molecule has 0 heterocycles. The van der Waals surface area contributed by atoms with Gasteiger partial charge in [-0.15, -0.1) is 0 Å². The zero-order valence-corrected chi connectivity index (χ0v) is 24.8. The molecule has 210 valence electrons. The SMILES string of the molecule is CC[C@@H](C(=O)NCC(C)C)N(Cc1c(Cl)cccc1Cl)C(=O)CN(c1ccc(OC)cc1OC)S(C)(=O)=O. The molecule has 2 aromatic rings. The van der Waals surface area contributed by atoms with E-state index >= 15 is 0 Å². The van der Waals surface area contributed by atoms with Gasteiger partial charge in [0, 0.05) is 34.8 Å². The summed E-state index contributed by atoms with van der Waals surface area (Å²) in [6.45, 7) is 5.43. The Morgan fingerprint density at radius 3 is 2.18 bits per heavy atom. The van der Waals surface area contributed by atoms with Gasteiger partial charge in [-0.25, -0.2) is 8.42 Å². The fourth-order valence-corrected chi connectivity index (χ4v) is 5.15. The molecule has 38 heavy (non-hydrogen) atoms. The fraction of sp³-hybridized carbons (Fsp3) is 0.462. The summed E-state index contributed by atoms with van der Waals surface area (Å²) in [4.78, 5) is 28.3. The summed E-state index contributed by atoms with van der Waals surface area (Å²) in [7, 11) is -1.09.